The highest BCUT2D eigenvalue weighted by molar-refractivity contribution is 4.73. The smallest absolute Gasteiger partial charge is 0.00417 e. The lowest BCUT2D eigenvalue weighted by molar-refractivity contribution is 0.214. The summed E-state index contributed by atoms with van der Waals surface area (Å²) in [5.41, 5.74) is 0.388. The quantitative estimate of drug-likeness (QED) is 0.646. The van der Waals surface area contributed by atoms with E-state index in [4.69, 9.17) is 0 Å². The Kier molecular flexibility index (Phi) is 4.69. The minimum absolute atomic E-state index is 0.388. The molecule has 0 aromatic carbocycles. The van der Waals surface area contributed by atoms with Crippen molar-refractivity contribution in [2.45, 2.75) is 20.8 Å². The Bertz CT molecular complexity index is 99.7. The predicted octanol–water partition coefficient (Wildman–Crippen LogP) is 1.18. The fraction of sp³-hybridized carbons (Fsp3) is 1.00. The van der Waals surface area contributed by atoms with E-state index in [9.17, 15) is 0 Å². The second-order valence-corrected chi connectivity index (χ2v) is 4.02. The third-order valence-corrected chi connectivity index (χ3v) is 1.89. The molecule has 0 rings (SSSR count). The van der Waals surface area contributed by atoms with Gasteiger partial charge in [-0.2, -0.15) is 0 Å². The molecule has 0 saturated carbocycles. The van der Waals surface area contributed by atoms with Gasteiger partial charge in [-0.25, -0.2) is 0 Å². The minimum Gasteiger partial charge on any atom is -0.319 e. The van der Waals surface area contributed by atoms with Crippen LogP contribution >= 0.6 is 0 Å². The first-order valence-electron chi connectivity index (χ1n) is 4.35. The molecule has 0 aliphatic heterocycles. The maximum Gasteiger partial charge on any atom is 0.00417 e. The molecule has 11 heavy (non-hydrogen) atoms. The van der Waals surface area contributed by atoms with Crippen LogP contribution < -0.4 is 5.32 Å². The summed E-state index contributed by atoms with van der Waals surface area (Å²) in [5.74, 6) is 0. The number of nitrogens with one attached hydrogen (secondary N) is 1. The summed E-state index contributed by atoms with van der Waals surface area (Å²) < 4.78 is 0. The molecule has 0 aromatic rings. The average Bonchev–Trinajstić information content (AvgIpc) is 1.86. The summed E-state index contributed by atoms with van der Waals surface area (Å²) in [7, 11) is 4.17. The molecule has 2 nitrogen and oxygen atoms in total. The van der Waals surface area contributed by atoms with Crippen LogP contribution in [0.1, 0.15) is 20.8 Å². The van der Waals surface area contributed by atoms with E-state index < -0.39 is 0 Å². The highest BCUT2D eigenvalue weighted by Gasteiger charge is 2.17. The van der Waals surface area contributed by atoms with Crippen LogP contribution in [0.3, 0.4) is 0 Å². The summed E-state index contributed by atoms with van der Waals surface area (Å²) in [6.07, 6.45) is 0. The van der Waals surface area contributed by atoms with E-state index in [0.29, 0.717) is 5.41 Å². The highest BCUT2D eigenvalue weighted by atomic mass is 15.1. The van der Waals surface area contributed by atoms with Crippen molar-refractivity contribution in [1.82, 2.24) is 10.2 Å². The van der Waals surface area contributed by atoms with Crippen molar-refractivity contribution >= 4 is 0 Å². The second-order valence-electron chi connectivity index (χ2n) is 4.02. The molecule has 0 heterocycles. The van der Waals surface area contributed by atoms with Crippen molar-refractivity contribution in [3.8, 4) is 0 Å². The van der Waals surface area contributed by atoms with Crippen molar-refractivity contribution < 1.29 is 0 Å². The molecule has 0 aliphatic carbocycles. The van der Waals surface area contributed by atoms with Gasteiger partial charge in [0.15, 0.2) is 0 Å². The van der Waals surface area contributed by atoms with Crippen molar-refractivity contribution in [3.05, 3.63) is 0 Å². The van der Waals surface area contributed by atoms with Crippen LogP contribution in [0.5, 0.6) is 0 Å². The molecule has 0 atom stereocenters. The zero-order valence-corrected chi connectivity index (χ0v) is 8.57. The molecule has 0 aliphatic rings. The lowest BCUT2D eigenvalue weighted by Gasteiger charge is -2.29. The highest BCUT2D eigenvalue weighted by Crippen LogP contribution is 2.14. The standard InChI is InChI=1S/C9H22N2/c1-6-11(5)8-9(2,3)7-10-4/h10H,6-8H2,1-5H3. The van der Waals surface area contributed by atoms with Crippen molar-refractivity contribution in [2.24, 2.45) is 5.41 Å². The normalized spacial score (nSPS) is 12.5. The molecule has 0 aromatic heterocycles. The Morgan fingerprint density at radius 3 is 2.27 bits per heavy atom. The van der Waals surface area contributed by atoms with Gasteiger partial charge < -0.3 is 10.2 Å². The summed E-state index contributed by atoms with van der Waals surface area (Å²) in [4.78, 5) is 2.34. The number of hydrogen-bond donors (Lipinski definition) is 1. The maximum absolute atomic E-state index is 3.21. The molecule has 0 unspecified atom stereocenters. The fourth-order valence-corrected chi connectivity index (χ4v) is 1.38. The third-order valence-electron chi connectivity index (χ3n) is 1.89. The maximum atomic E-state index is 3.21. The minimum atomic E-state index is 0.388. The number of hydrogen-bond acceptors (Lipinski definition) is 2. The van der Waals surface area contributed by atoms with E-state index in [-0.39, 0.29) is 0 Å². The van der Waals surface area contributed by atoms with Gasteiger partial charge >= 0.3 is 0 Å². The van der Waals surface area contributed by atoms with Gasteiger partial charge in [0, 0.05) is 13.1 Å². The average molecular weight is 158 g/mol. The largest absolute Gasteiger partial charge is 0.319 e. The van der Waals surface area contributed by atoms with Gasteiger partial charge in [-0.3, -0.25) is 0 Å². The topological polar surface area (TPSA) is 15.3 Å². The lowest BCUT2D eigenvalue weighted by Crippen LogP contribution is -2.37. The van der Waals surface area contributed by atoms with Crippen LogP contribution in [0.2, 0.25) is 0 Å². The van der Waals surface area contributed by atoms with Crippen LogP contribution in [0, 0.1) is 5.41 Å². The fourth-order valence-electron chi connectivity index (χ4n) is 1.38. The SMILES string of the molecule is CCN(C)CC(C)(C)CNC. The molecule has 0 amide bonds. The van der Waals surface area contributed by atoms with Crippen molar-refractivity contribution in [2.75, 3.05) is 33.7 Å². The first-order chi connectivity index (χ1) is 5.02. The van der Waals surface area contributed by atoms with Gasteiger partial charge in [0.2, 0.25) is 0 Å². The van der Waals surface area contributed by atoms with E-state index in [1.807, 2.05) is 7.05 Å². The van der Waals surface area contributed by atoms with E-state index in [2.05, 4.69) is 38.0 Å². The third kappa shape index (κ3) is 5.22. The molecule has 0 saturated heterocycles. The van der Waals surface area contributed by atoms with Crippen molar-refractivity contribution in [3.63, 3.8) is 0 Å². The molecule has 68 valence electrons. The Morgan fingerprint density at radius 1 is 1.36 bits per heavy atom. The molecule has 0 bridgehead atoms. The zero-order valence-electron chi connectivity index (χ0n) is 8.57. The van der Waals surface area contributed by atoms with Crippen LogP contribution in [0.25, 0.3) is 0 Å². The van der Waals surface area contributed by atoms with Crippen LogP contribution in [-0.2, 0) is 0 Å². The van der Waals surface area contributed by atoms with Gasteiger partial charge in [0.25, 0.3) is 0 Å². The van der Waals surface area contributed by atoms with E-state index >= 15 is 0 Å². The van der Waals surface area contributed by atoms with Gasteiger partial charge in [-0.05, 0) is 26.1 Å². The monoisotopic (exact) mass is 158 g/mol. The summed E-state index contributed by atoms with van der Waals surface area (Å²) >= 11 is 0. The first-order valence-corrected chi connectivity index (χ1v) is 4.35. The first kappa shape index (κ1) is 10.9. The van der Waals surface area contributed by atoms with E-state index in [1.54, 1.807) is 0 Å². The molecule has 1 N–H and O–H groups in total. The predicted molar refractivity (Wildman–Crippen MR) is 50.9 cm³/mol. The number of rotatable bonds is 5. The number of nitrogens with zero attached hydrogens (tertiary/aromatic N) is 1. The van der Waals surface area contributed by atoms with Crippen LogP contribution in [0.4, 0.5) is 0 Å². The van der Waals surface area contributed by atoms with Gasteiger partial charge in [-0.15, -0.1) is 0 Å². The van der Waals surface area contributed by atoms with Gasteiger partial charge in [0.05, 0.1) is 0 Å². The van der Waals surface area contributed by atoms with Crippen LogP contribution in [0.15, 0.2) is 0 Å². The molecule has 2 heteroatoms. The van der Waals surface area contributed by atoms with E-state index in [1.165, 1.54) is 0 Å². The summed E-state index contributed by atoms with van der Waals surface area (Å²) in [6, 6.07) is 0. The van der Waals surface area contributed by atoms with Crippen LogP contribution in [-0.4, -0.2) is 38.6 Å². The molecule has 0 spiro atoms. The second kappa shape index (κ2) is 4.73. The Labute approximate surface area is 71.0 Å². The Hall–Kier alpha value is -0.0800. The van der Waals surface area contributed by atoms with Gasteiger partial charge in [0.1, 0.15) is 0 Å². The lowest BCUT2D eigenvalue weighted by atomic mass is 9.93. The Morgan fingerprint density at radius 2 is 1.91 bits per heavy atom. The van der Waals surface area contributed by atoms with Gasteiger partial charge in [-0.1, -0.05) is 20.8 Å². The summed E-state index contributed by atoms with van der Waals surface area (Å²) in [6.45, 7) is 10.1. The molecular formula is C9H22N2. The molecular weight excluding hydrogens is 136 g/mol. The summed E-state index contributed by atoms with van der Waals surface area (Å²) in [5, 5.41) is 3.21. The molecule has 0 radical (unpaired) electrons. The van der Waals surface area contributed by atoms with E-state index in [0.717, 1.165) is 19.6 Å². The zero-order chi connectivity index (χ0) is 8.91. The molecule has 0 fully saturated rings. The Balaban J connectivity index is 3.70. The van der Waals surface area contributed by atoms with Crippen molar-refractivity contribution in [1.29, 1.82) is 0 Å².